The SMILES string of the molecule is Cc1cnc2c(Cl)cccc2c1-c1cccc(Oc2c[c]ccc2)c1. The standard InChI is InChI=1S/C22H15ClNO/c1-15-14-24-22-19(11-6-12-20(22)23)21(15)16-7-5-10-18(13-16)25-17-8-3-2-4-9-17/h2-3,5-14H,1H3. The van der Waals surface area contributed by atoms with Crippen molar-refractivity contribution in [3.63, 3.8) is 0 Å². The molecule has 0 spiro atoms. The first kappa shape index (κ1) is 15.7. The second-order valence-corrected chi connectivity index (χ2v) is 6.23. The molecule has 0 N–H and O–H groups in total. The lowest BCUT2D eigenvalue weighted by Gasteiger charge is -2.12. The van der Waals surface area contributed by atoms with Crippen molar-refractivity contribution in [2.24, 2.45) is 0 Å². The fraction of sp³-hybridized carbons (Fsp3) is 0.0455. The van der Waals surface area contributed by atoms with Crippen molar-refractivity contribution < 1.29 is 4.74 Å². The molecule has 1 aromatic heterocycles. The molecule has 1 heterocycles. The van der Waals surface area contributed by atoms with Crippen LogP contribution in [0.2, 0.25) is 5.02 Å². The zero-order valence-electron chi connectivity index (χ0n) is 13.7. The van der Waals surface area contributed by atoms with E-state index in [0.29, 0.717) is 5.02 Å². The Labute approximate surface area is 151 Å². The summed E-state index contributed by atoms with van der Waals surface area (Å²) in [6.07, 6.45) is 1.86. The summed E-state index contributed by atoms with van der Waals surface area (Å²) in [6, 6.07) is 24.4. The van der Waals surface area contributed by atoms with Gasteiger partial charge < -0.3 is 4.74 Å². The molecule has 2 nitrogen and oxygen atoms in total. The zero-order chi connectivity index (χ0) is 17.2. The summed E-state index contributed by atoms with van der Waals surface area (Å²) in [5.74, 6) is 1.54. The molecular weight excluding hydrogens is 330 g/mol. The lowest BCUT2D eigenvalue weighted by atomic mass is 9.97. The number of nitrogens with zero attached hydrogens (tertiary/aromatic N) is 1. The Morgan fingerprint density at radius 2 is 1.84 bits per heavy atom. The Hall–Kier alpha value is -2.84. The quantitative estimate of drug-likeness (QED) is 0.425. The van der Waals surface area contributed by atoms with E-state index in [9.17, 15) is 0 Å². The van der Waals surface area contributed by atoms with Gasteiger partial charge in [-0.2, -0.15) is 0 Å². The third-order valence-corrected chi connectivity index (χ3v) is 4.38. The van der Waals surface area contributed by atoms with Crippen LogP contribution in [0.4, 0.5) is 0 Å². The zero-order valence-corrected chi connectivity index (χ0v) is 14.4. The minimum Gasteiger partial charge on any atom is -0.457 e. The van der Waals surface area contributed by atoms with Crippen LogP contribution in [0.3, 0.4) is 0 Å². The van der Waals surface area contributed by atoms with Gasteiger partial charge in [-0.05, 0) is 60.0 Å². The number of fused-ring (bicyclic) bond motifs is 1. The second kappa shape index (κ2) is 6.58. The van der Waals surface area contributed by atoms with Crippen LogP contribution in [-0.4, -0.2) is 4.98 Å². The molecule has 0 saturated heterocycles. The van der Waals surface area contributed by atoms with Gasteiger partial charge in [0.05, 0.1) is 10.5 Å². The highest BCUT2D eigenvalue weighted by atomic mass is 35.5. The van der Waals surface area contributed by atoms with E-state index in [2.05, 4.69) is 30.1 Å². The second-order valence-electron chi connectivity index (χ2n) is 5.82. The van der Waals surface area contributed by atoms with Gasteiger partial charge in [0.25, 0.3) is 0 Å². The maximum atomic E-state index is 6.32. The minimum absolute atomic E-state index is 0.658. The van der Waals surface area contributed by atoms with E-state index in [4.69, 9.17) is 16.3 Å². The molecule has 0 bridgehead atoms. The number of pyridine rings is 1. The summed E-state index contributed by atoms with van der Waals surface area (Å²) in [5, 5.41) is 1.70. The molecule has 0 fully saturated rings. The smallest absolute Gasteiger partial charge is 0.128 e. The number of aryl methyl sites for hydroxylation is 1. The molecule has 0 saturated carbocycles. The molecule has 0 atom stereocenters. The molecule has 4 aromatic rings. The molecule has 0 aliphatic heterocycles. The van der Waals surface area contributed by atoms with Crippen LogP contribution >= 0.6 is 11.6 Å². The molecular formula is C22H15ClNO. The fourth-order valence-electron chi connectivity index (χ4n) is 2.96. The lowest BCUT2D eigenvalue weighted by Crippen LogP contribution is -1.91. The highest BCUT2D eigenvalue weighted by molar-refractivity contribution is 6.35. The van der Waals surface area contributed by atoms with Crippen molar-refractivity contribution >= 4 is 22.5 Å². The van der Waals surface area contributed by atoms with E-state index in [1.807, 2.05) is 60.8 Å². The summed E-state index contributed by atoms with van der Waals surface area (Å²) in [6.45, 7) is 2.06. The maximum absolute atomic E-state index is 6.32. The molecule has 0 unspecified atom stereocenters. The number of halogens is 1. The highest BCUT2D eigenvalue weighted by Crippen LogP contribution is 2.35. The molecule has 3 aromatic carbocycles. The van der Waals surface area contributed by atoms with E-state index in [1.54, 1.807) is 0 Å². The Balaban J connectivity index is 1.83. The van der Waals surface area contributed by atoms with Crippen LogP contribution in [0.15, 0.2) is 72.9 Å². The van der Waals surface area contributed by atoms with Gasteiger partial charge >= 0.3 is 0 Å². The summed E-state index contributed by atoms with van der Waals surface area (Å²) in [5.41, 5.74) is 4.11. The van der Waals surface area contributed by atoms with Crippen molar-refractivity contribution in [1.82, 2.24) is 4.98 Å². The number of benzene rings is 3. The third-order valence-electron chi connectivity index (χ3n) is 4.07. The number of aromatic nitrogens is 1. The average Bonchev–Trinajstić information content (AvgIpc) is 2.63. The van der Waals surface area contributed by atoms with Crippen molar-refractivity contribution in [1.29, 1.82) is 0 Å². The first-order valence-electron chi connectivity index (χ1n) is 8.00. The molecule has 0 amide bonds. The van der Waals surface area contributed by atoms with Crippen molar-refractivity contribution in [2.45, 2.75) is 6.92 Å². The summed E-state index contributed by atoms with van der Waals surface area (Å²) in [7, 11) is 0. The van der Waals surface area contributed by atoms with Crippen LogP contribution in [-0.2, 0) is 0 Å². The summed E-state index contributed by atoms with van der Waals surface area (Å²) < 4.78 is 5.94. The minimum atomic E-state index is 0.658. The van der Waals surface area contributed by atoms with Crippen LogP contribution in [0.5, 0.6) is 11.5 Å². The first-order valence-corrected chi connectivity index (χ1v) is 8.38. The third kappa shape index (κ3) is 3.09. The topological polar surface area (TPSA) is 22.1 Å². The Morgan fingerprint density at radius 3 is 2.68 bits per heavy atom. The van der Waals surface area contributed by atoms with Crippen LogP contribution < -0.4 is 4.74 Å². The van der Waals surface area contributed by atoms with Gasteiger partial charge in [-0.1, -0.05) is 48.0 Å². The number of rotatable bonds is 3. The van der Waals surface area contributed by atoms with Gasteiger partial charge in [0, 0.05) is 11.6 Å². The summed E-state index contributed by atoms with van der Waals surface area (Å²) in [4.78, 5) is 4.49. The number of para-hydroxylation sites is 1. The van der Waals surface area contributed by atoms with Crippen LogP contribution in [0.25, 0.3) is 22.0 Å². The maximum Gasteiger partial charge on any atom is 0.128 e. The molecule has 0 aliphatic carbocycles. The molecule has 4 rings (SSSR count). The van der Waals surface area contributed by atoms with E-state index >= 15 is 0 Å². The predicted molar refractivity (Wildman–Crippen MR) is 102 cm³/mol. The van der Waals surface area contributed by atoms with Crippen molar-refractivity contribution in [3.05, 3.63) is 89.6 Å². The summed E-state index contributed by atoms with van der Waals surface area (Å²) >= 11 is 6.32. The first-order chi connectivity index (χ1) is 12.2. The van der Waals surface area contributed by atoms with Gasteiger partial charge in [-0.15, -0.1) is 0 Å². The number of ether oxygens (including phenoxy) is 1. The normalized spacial score (nSPS) is 10.8. The average molecular weight is 345 g/mol. The van der Waals surface area contributed by atoms with Crippen molar-refractivity contribution in [2.75, 3.05) is 0 Å². The van der Waals surface area contributed by atoms with Crippen molar-refractivity contribution in [3.8, 4) is 22.6 Å². The molecule has 25 heavy (non-hydrogen) atoms. The molecule has 1 radical (unpaired) electrons. The Morgan fingerprint density at radius 1 is 1.00 bits per heavy atom. The van der Waals surface area contributed by atoms with E-state index in [-0.39, 0.29) is 0 Å². The fourth-order valence-corrected chi connectivity index (χ4v) is 3.18. The van der Waals surface area contributed by atoms with Crippen LogP contribution in [0, 0.1) is 13.0 Å². The van der Waals surface area contributed by atoms with Gasteiger partial charge in [-0.3, -0.25) is 4.98 Å². The monoisotopic (exact) mass is 344 g/mol. The Bertz CT molecular complexity index is 1040. The predicted octanol–water partition coefficient (Wildman–Crippen LogP) is 6.46. The van der Waals surface area contributed by atoms with E-state index in [0.717, 1.165) is 39.1 Å². The van der Waals surface area contributed by atoms with Gasteiger partial charge in [0.1, 0.15) is 11.5 Å². The number of hydrogen-bond acceptors (Lipinski definition) is 2. The van der Waals surface area contributed by atoms with Crippen LogP contribution in [0.1, 0.15) is 5.56 Å². The number of hydrogen-bond donors (Lipinski definition) is 0. The van der Waals surface area contributed by atoms with Gasteiger partial charge in [-0.25, -0.2) is 0 Å². The molecule has 121 valence electrons. The lowest BCUT2D eigenvalue weighted by molar-refractivity contribution is 0.483. The van der Waals surface area contributed by atoms with E-state index in [1.165, 1.54) is 0 Å². The molecule has 0 aliphatic rings. The van der Waals surface area contributed by atoms with E-state index < -0.39 is 0 Å². The van der Waals surface area contributed by atoms with Gasteiger partial charge in [0.15, 0.2) is 0 Å². The molecule has 3 heteroatoms. The highest BCUT2D eigenvalue weighted by Gasteiger charge is 2.11. The largest absolute Gasteiger partial charge is 0.457 e. The van der Waals surface area contributed by atoms with Gasteiger partial charge in [0.2, 0.25) is 0 Å². The Kier molecular flexibility index (Phi) is 4.12.